The van der Waals surface area contributed by atoms with Crippen LogP contribution in [0.5, 0.6) is 0 Å². The Morgan fingerprint density at radius 3 is 2.37 bits per heavy atom. The maximum Gasteiger partial charge on any atom is 0.303 e. The van der Waals surface area contributed by atoms with Crippen LogP contribution >= 0.6 is 0 Å². The van der Waals surface area contributed by atoms with Crippen molar-refractivity contribution in [3.8, 4) is 0 Å². The van der Waals surface area contributed by atoms with E-state index in [-0.39, 0.29) is 19.6 Å². The molecule has 0 aromatic rings. The summed E-state index contributed by atoms with van der Waals surface area (Å²) in [7, 11) is 0. The van der Waals surface area contributed by atoms with Gasteiger partial charge in [0.1, 0.15) is 18.8 Å². The van der Waals surface area contributed by atoms with Gasteiger partial charge in [-0.15, -0.1) is 6.58 Å². The lowest BCUT2D eigenvalue weighted by atomic mass is 9.92. The molecule has 0 bridgehead atoms. The first kappa shape index (κ1) is 31.3. The minimum absolute atomic E-state index is 0.0494. The molecule has 0 amide bonds. The molecule has 0 spiro atoms. The lowest BCUT2D eigenvalue weighted by Gasteiger charge is -2.37. The number of Topliss-reactive ketones (excluding diaryl/α,β-unsaturated/α-hetero) is 1. The van der Waals surface area contributed by atoms with E-state index in [2.05, 4.69) is 6.58 Å². The van der Waals surface area contributed by atoms with Crippen molar-refractivity contribution < 1.29 is 52.4 Å². The van der Waals surface area contributed by atoms with Crippen molar-refractivity contribution in [3.05, 3.63) is 24.8 Å². The molecule has 2 heterocycles. The van der Waals surface area contributed by atoms with Gasteiger partial charge in [0, 0.05) is 33.8 Å². The fourth-order valence-corrected chi connectivity index (χ4v) is 4.34. The predicted molar refractivity (Wildman–Crippen MR) is 133 cm³/mol. The van der Waals surface area contributed by atoms with Gasteiger partial charge in [0.15, 0.2) is 29.9 Å². The van der Waals surface area contributed by atoms with Gasteiger partial charge in [-0.25, -0.2) is 0 Å². The zero-order valence-corrected chi connectivity index (χ0v) is 22.6. The minimum Gasteiger partial charge on any atom is -0.462 e. The average Bonchev–Trinajstić information content (AvgIpc) is 3.12. The molecule has 1 fully saturated rings. The van der Waals surface area contributed by atoms with Crippen molar-refractivity contribution in [3.63, 3.8) is 0 Å². The Bertz CT molecular complexity index is 926. The zero-order valence-electron chi connectivity index (χ0n) is 22.6. The van der Waals surface area contributed by atoms with Gasteiger partial charge >= 0.3 is 17.9 Å². The van der Waals surface area contributed by atoms with E-state index in [1.807, 2.05) is 6.92 Å². The van der Waals surface area contributed by atoms with Crippen molar-refractivity contribution in [2.75, 3.05) is 13.2 Å². The van der Waals surface area contributed by atoms with E-state index in [1.54, 1.807) is 19.1 Å². The van der Waals surface area contributed by atoms with Crippen LogP contribution in [-0.4, -0.2) is 84.9 Å². The highest BCUT2D eigenvalue weighted by Gasteiger charge is 2.54. The third kappa shape index (κ3) is 8.85. The molecule has 7 atom stereocenters. The Labute approximate surface area is 222 Å². The molecule has 2 rings (SSSR count). The predicted octanol–water partition coefficient (Wildman–Crippen LogP) is 2.18. The van der Waals surface area contributed by atoms with E-state index in [1.165, 1.54) is 19.9 Å². The van der Waals surface area contributed by atoms with Crippen LogP contribution in [0.25, 0.3) is 0 Å². The van der Waals surface area contributed by atoms with E-state index in [9.17, 15) is 24.0 Å². The van der Waals surface area contributed by atoms with Crippen LogP contribution in [0.15, 0.2) is 24.8 Å². The molecule has 2 aliphatic rings. The lowest BCUT2D eigenvalue weighted by Crippen LogP contribution is -2.53. The summed E-state index contributed by atoms with van der Waals surface area (Å²) in [5.41, 5.74) is -0.915. The molecule has 1 saturated heterocycles. The normalized spacial score (nSPS) is 28.4. The molecule has 0 radical (unpaired) electrons. The van der Waals surface area contributed by atoms with Gasteiger partial charge in [-0.05, 0) is 31.9 Å². The van der Waals surface area contributed by atoms with Crippen LogP contribution in [0.2, 0.25) is 0 Å². The quantitative estimate of drug-likeness (QED) is 0.139. The lowest BCUT2D eigenvalue weighted by molar-refractivity contribution is -0.187. The van der Waals surface area contributed by atoms with Crippen molar-refractivity contribution in [2.24, 2.45) is 0 Å². The molecule has 0 aromatic carbocycles. The Balaban J connectivity index is 2.38. The topological polar surface area (TPSA) is 141 Å². The van der Waals surface area contributed by atoms with Gasteiger partial charge in [0.2, 0.25) is 0 Å². The molecular formula is C27H38O11. The summed E-state index contributed by atoms with van der Waals surface area (Å²) in [6.07, 6.45) is -0.739. The number of hydrogen-bond acceptors (Lipinski definition) is 11. The smallest absolute Gasteiger partial charge is 0.303 e. The van der Waals surface area contributed by atoms with Crippen LogP contribution in [0.1, 0.15) is 60.3 Å². The van der Waals surface area contributed by atoms with E-state index >= 15 is 0 Å². The standard InChI is InChI=1S/C27H38O11/c1-7-9-13-33-24-21(14-19(35-17(4)29)15-34-16(3)28)37-25(22(24)32)26(36-18(5)30)23-20(31)10-12-27(6,38-23)11-8-2/h8,10,12,19,21,23-26H,2,7,9,11,13-15H2,1,3-6H3/t19-,21-,23+,24+,25-,26-,27-/m1/s1. The molecule has 0 saturated carbocycles. The fourth-order valence-electron chi connectivity index (χ4n) is 4.34. The number of hydrogen-bond donors (Lipinski definition) is 0. The number of ketones is 2. The molecule has 2 aliphatic heterocycles. The highest BCUT2D eigenvalue weighted by atomic mass is 16.6. The van der Waals surface area contributed by atoms with Crippen molar-refractivity contribution in [1.29, 1.82) is 0 Å². The molecule has 212 valence electrons. The Hall–Kier alpha value is -2.89. The average molecular weight is 539 g/mol. The van der Waals surface area contributed by atoms with Crippen LogP contribution < -0.4 is 0 Å². The summed E-state index contributed by atoms with van der Waals surface area (Å²) in [5, 5.41) is 0. The SMILES string of the molecule is C=CC[C@]1(C)C=CC(=O)[C@@H]([C@@H](OC(C)=O)[C@@H]2O[C@H](C[C@H](COC(C)=O)OC(C)=O)[C@H](OCCCC)C2=O)O1. The molecule has 0 aromatic heterocycles. The first-order chi connectivity index (χ1) is 17.9. The molecule has 0 N–H and O–H groups in total. The second-order valence-corrected chi connectivity index (χ2v) is 9.57. The number of carbonyl (C=O) groups is 5. The van der Waals surface area contributed by atoms with Crippen molar-refractivity contribution in [1.82, 2.24) is 0 Å². The largest absolute Gasteiger partial charge is 0.462 e. The maximum absolute atomic E-state index is 13.6. The van der Waals surface area contributed by atoms with E-state index in [4.69, 9.17) is 28.4 Å². The monoisotopic (exact) mass is 538 g/mol. The Kier molecular flexibility index (Phi) is 11.8. The first-order valence-electron chi connectivity index (χ1n) is 12.7. The summed E-state index contributed by atoms with van der Waals surface area (Å²) < 4.78 is 33.7. The Morgan fingerprint density at radius 1 is 1.11 bits per heavy atom. The van der Waals surface area contributed by atoms with Crippen LogP contribution in [-0.2, 0) is 52.4 Å². The van der Waals surface area contributed by atoms with Gasteiger partial charge < -0.3 is 28.4 Å². The second kappa shape index (κ2) is 14.3. The van der Waals surface area contributed by atoms with E-state index in [0.717, 1.165) is 13.3 Å². The third-order valence-corrected chi connectivity index (χ3v) is 6.04. The second-order valence-electron chi connectivity index (χ2n) is 9.57. The van der Waals surface area contributed by atoms with E-state index in [0.29, 0.717) is 12.8 Å². The summed E-state index contributed by atoms with van der Waals surface area (Å²) in [6.45, 7) is 11.0. The zero-order chi connectivity index (χ0) is 28.5. The minimum atomic E-state index is -1.40. The third-order valence-electron chi connectivity index (χ3n) is 6.04. The van der Waals surface area contributed by atoms with Crippen molar-refractivity contribution in [2.45, 2.75) is 103 Å². The molecule has 11 nitrogen and oxygen atoms in total. The van der Waals surface area contributed by atoms with Crippen molar-refractivity contribution >= 4 is 29.5 Å². The molecule has 0 aliphatic carbocycles. The van der Waals surface area contributed by atoms with Gasteiger partial charge in [-0.3, -0.25) is 24.0 Å². The highest BCUT2D eigenvalue weighted by molar-refractivity contribution is 5.97. The molecule has 11 heteroatoms. The number of esters is 3. The van der Waals surface area contributed by atoms with Crippen LogP contribution in [0, 0.1) is 0 Å². The maximum atomic E-state index is 13.6. The van der Waals surface area contributed by atoms with Gasteiger partial charge in [0.25, 0.3) is 0 Å². The van der Waals surface area contributed by atoms with Crippen LogP contribution in [0.4, 0.5) is 0 Å². The summed E-state index contributed by atoms with van der Waals surface area (Å²) >= 11 is 0. The van der Waals surface area contributed by atoms with Gasteiger partial charge in [0.05, 0.1) is 11.7 Å². The number of ether oxygens (including phenoxy) is 6. The van der Waals surface area contributed by atoms with Gasteiger partial charge in [-0.2, -0.15) is 0 Å². The van der Waals surface area contributed by atoms with Gasteiger partial charge in [-0.1, -0.05) is 19.4 Å². The molecular weight excluding hydrogens is 500 g/mol. The summed E-state index contributed by atoms with van der Waals surface area (Å²) in [6, 6.07) is 0. The molecule has 38 heavy (non-hydrogen) atoms. The van der Waals surface area contributed by atoms with E-state index < -0.39 is 71.7 Å². The Morgan fingerprint density at radius 2 is 1.79 bits per heavy atom. The van der Waals surface area contributed by atoms with Crippen LogP contribution in [0.3, 0.4) is 0 Å². The first-order valence-corrected chi connectivity index (χ1v) is 12.7. The highest BCUT2D eigenvalue weighted by Crippen LogP contribution is 2.33. The number of carbonyl (C=O) groups excluding carboxylic acids is 5. The fraction of sp³-hybridized carbons (Fsp3) is 0.667. The molecule has 0 unspecified atom stereocenters. The summed E-state index contributed by atoms with van der Waals surface area (Å²) in [5.74, 6) is -2.95. The number of rotatable bonds is 14. The number of unbranched alkanes of at least 4 members (excludes halogenated alkanes) is 1. The summed E-state index contributed by atoms with van der Waals surface area (Å²) in [4.78, 5) is 61.5.